The maximum absolute atomic E-state index is 12.1. The van der Waals surface area contributed by atoms with Crippen molar-refractivity contribution in [1.29, 1.82) is 0 Å². The van der Waals surface area contributed by atoms with Crippen molar-refractivity contribution in [2.75, 3.05) is 0 Å². The van der Waals surface area contributed by atoms with Gasteiger partial charge in [-0.2, -0.15) is 0 Å². The maximum Gasteiger partial charge on any atom is 0.326 e. The highest BCUT2D eigenvalue weighted by molar-refractivity contribution is 5.87. The van der Waals surface area contributed by atoms with E-state index in [1.807, 2.05) is 51.1 Å². The molecule has 4 N–H and O–H groups in total. The molecule has 0 radical (unpaired) electrons. The van der Waals surface area contributed by atoms with Gasteiger partial charge in [-0.25, -0.2) is 4.79 Å². The zero-order chi connectivity index (χ0) is 17.4. The lowest BCUT2D eigenvalue weighted by Gasteiger charge is -2.25. The fraction of sp³-hybridized carbons (Fsp3) is 0.556. The van der Waals surface area contributed by atoms with Crippen LogP contribution in [0.4, 0.5) is 0 Å². The molecule has 1 amide bonds. The highest BCUT2D eigenvalue weighted by Crippen LogP contribution is 2.14. The second-order valence-electron chi connectivity index (χ2n) is 6.24. The highest BCUT2D eigenvalue weighted by Gasteiger charge is 2.29. The number of carbonyl (C=O) groups excluding carboxylic acids is 1. The van der Waals surface area contributed by atoms with E-state index in [0.29, 0.717) is 6.42 Å². The molecule has 2 unspecified atom stereocenters. The summed E-state index contributed by atoms with van der Waals surface area (Å²) in [6, 6.07) is 8.30. The summed E-state index contributed by atoms with van der Waals surface area (Å²) in [5, 5.41) is 12.0. The molecule has 0 bridgehead atoms. The highest BCUT2D eigenvalue weighted by atomic mass is 16.4. The molecular weight excluding hydrogens is 292 g/mol. The molecule has 0 fully saturated rings. The molecule has 0 aliphatic rings. The van der Waals surface area contributed by atoms with Crippen molar-refractivity contribution in [2.24, 2.45) is 17.6 Å². The molecule has 0 aromatic heterocycles. The van der Waals surface area contributed by atoms with E-state index in [-0.39, 0.29) is 11.8 Å². The molecule has 128 valence electrons. The average molecular weight is 320 g/mol. The molecule has 0 spiro atoms. The van der Waals surface area contributed by atoms with Gasteiger partial charge in [-0.15, -0.1) is 0 Å². The lowest BCUT2D eigenvalue weighted by atomic mass is 9.93. The SMILES string of the molecule is CC[C@H](C)[C@H](N)C(=O)NC(C(=O)O)C(C)CCc1ccccc1. The number of carboxylic acid groups (broad SMARTS) is 1. The lowest BCUT2D eigenvalue weighted by Crippen LogP contribution is -2.52. The molecule has 1 aromatic rings. The topological polar surface area (TPSA) is 92.4 Å². The summed E-state index contributed by atoms with van der Waals surface area (Å²) < 4.78 is 0. The van der Waals surface area contributed by atoms with Gasteiger partial charge in [0.25, 0.3) is 0 Å². The second-order valence-corrected chi connectivity index (χ2v) is 6.24. The minimum absolute atomic E-state index is 0.0177. The number of carbonyl (C=O) groups is 2. The predicted molar refractivity (Wildman–Crippen MR) is 90.9 cm³/mol. The predicted octanol–water partition coefficient (Wildman–Crippen LogP) is 2.20. The van der Waals surface area contributed by atoms with Gasteiger partial charge >= 0.3 is 5.97 Å². The monoisotopic (exact) mass is 320 g/mol. The standard InChI is InChI=1S/C18H28N2O3/c1-4-12(2)15(19)17(21)20-16(18(22)23)13(3)10-11-14-8-6-5-7-9-14/h5-9,12-13,15-16H,4,10-11,19H2,1-3H3,(H,20,21)(H,22,23)/t12-,13?,15-,16?/m0/s1. The summed E-state index contributed by atoms with van der Waals surface area (Å²) in [5.41, 5.74) is 7.04. The van der Waals surface area contributed by atoms with Gasteiger partial charge in [-0.3, -0.25) is 4.79 Å². The number of hydrogen-bond donors (Lipinski definition) is 3. The van der Waals surface area contributed by atoms with Crippen molar-refractivity contribution in [3.63, 3.8) is 0 Å². The Hall–Kier alpha value is -1.88. The van der Waals surface area contributed by atoms with Crippen LogP contribution < -0.4 is 11.1 Å². The zero-order valence-corrected chi connectivity index (χ0v) is 14.2. The second kappa shape index (κ2) is 9.30. The number of rotatable bonds is 9. The molecule has 1 aromatic carbocycles. The van der Waals surface area contributed by atoms with Crippen LogP contribution >= 0.6 is 0 Å². The van der Waals surface area contributed by atoms with Crippen molar-refractivity contribution < 1.29 is 14.7 Å². The van der Waals surface area contributed by atoms with E-state index in [1.165, 1.54) is 0 Å². The maximum atomic E-state index is 12.1. The summed E-state index contributed by atoms with van der Waals surface area (Å²) in [6.07, 6.45) is 2.23. The fourth-order valence-electron chi connectivity index (χ4n) is 2.41. The summed E-state index contributed by atoms with van der Waals surface area (Å²) in [4.78, 5) is 23.6. The van der Waals surface area contributed by atoms with Crippen LogP contribution in [-0.2, 0) is 16.0 Å². The first-order valence-corrected chi connectivity index (χ1v) is 8.19. The zero-order valence-electron chi connectivity index (χ0n) is 14.2. The van der Waals surface area contributed by atoms with E-state index in [0.717, 1.165) is 18.4 Å². The Morgan fingerprint density at radius 3 is 2.30 bits per heavy atom. The van der Waals surface area contributed by atoms with Gasteiger partial charge in [-0.1, -0.05) is 57.5 Å². The van der Waals surface area contributed by atoms with E-state index in [2.05, 4.69) is 5.32 Å². The molecular formula is C18H28N2O3. The van der Waals surface area contributed by atoms with E-state index in [9.17, 15) is 14.7 Å². The first-order valence-electron chi connectivity index (χ1n) is 8.19. The number of amides is 1. The van der Waals surface area contributed by atoms with Crippen molar-refractivity contribution >= 4 is 11.9 Å². The van der Waals surface area contributed by atoms with Crippen LogP contribution in [0.25, 0.3) is 0 Å². The Balaban J connectivity index is 2.63. The normalized spacial score (nSPS) is 16.2. The van der Waals surface area contributed by atoms with Gasteiger partial charge in [0.15, 0.2) is 0 Å². The van der Waals surface area contributed by atoms with Crippen LogP contribution in [0.3, 0.4) is 0 Å². The van der Waals surface area contributed by atoms with E-state index >= 15 is 0 Å². The molecule has 5 nitrogen and oxygen atoms in total. The van der Waals surface area contributed by atoms with Gasteiger partial charge in [-0.05, 0) is 30.2 Å². The molecule has 0 aliphatic carbocycles. The number of aliphatic carboxylic acids is 1. The average Bonchev–Trinajstić information content (AvgIpc) is 2.56. The molecule has 0 saturated carbocycles. The minimum Gasteiger partial charge on any atom is -0.480 e. The third-order valence-electron chi connectivity index (χ3n) is 4.42. The van der Waals surface area contributed by atoms with Crippen LogP contribution in [0.5, 0.6) is 0 Å². The van der Waals surface area contributed by atoms with Crippen molar-refractivity contribution in [3.8, 4) is 0 Å². The Morgan fingerprint density at radius 1 is 1.17 bits per heavy atom. The molecule has 1 rings (SSSR count). The Bertz CT molecular complexity index is 504. The van der Waals surface area contributed by atoms with Gasteiger partial charge in [0.2, 0.25) is 5.91 Å². The molecule has 23 heavy (non-hydrogen) atoms. The smallest absolute Gasteiger partial charge is 0.326 e. The van der Waals surface area contributed by atoms with Crippen LogP contribution in [0.15, 0.2) is 30.3 Å². The van der Waals surface area contributed by atoms with Gasteiger partial charge in [0.05, 0.1) is 6.04 Å². The van der Waals surface area contributed by atoms with Gasteiger partial charge in [0.1, 0.15) is 6.04 Å². The molecule has 4 atom stereocenters. The first-order chi connectivity index (χ1) is 10.9. The van der Waals surface area contributed by atoms with Gasteiger partial charge in [0, 0.05) is 0 Å². The van der Waals surface area contributed by atoms with Gasteiger partial charge < -0.3 is 16.2 Å². The fourth-order valence-corrected chi connectivity index (χ4v) is 2.41. The first kappa shape index (κ1) is 19.2. The van der Waals surface area contributed by atoms with Crippen LogP contribution in [0, 0.1) is 11.8 Å². The molecule has 0 heterocycles. The van der Waals surface area contributed by atoms with Crippen molar-refractivity contribution in [2.45, 2.75) is 52.1 Å². The van der Waals surface area contributed by atoms with Crippen LogP contribution in [0.1, 0.15) is 39.2 Å². The van der Waals surface area contributed by atoms with Crippen LogP contribution in [0.2, 0.25) is 0 Å². The minimum atomic E-state index is -1.02. The van der Waals surface area contributed by atoms with E-state index < -0.39 is 24.0 Å². The Morgan fingerprint density at radius 2 is 1.78 bits per heavy atom. The molecule has 5 heteroatoms. The Kier molecular flexibility index (Phi) is 7.75. The third-order valence-corrected chi connectivity index (χ3v) is 4.42. The summed E-state index contributed by atoms with van der Waals surface area (Å²) in [7, 11) is 0. The third kappa shape index (κ3) is 6.02. The lowest BCUT2D eigenvalue weighted by molar-refractivity contribution is -0.143. The van der Waals surface area contributed by atoms with Crippen molar-refractivity contribution in [3.05, 3.63) is 35.9 Å². The van der Waals surface area contributed by atoms with Crippen molar-refractivity contribution in [1.82, 2.24) is 5.32 Å². The Labute approximate surface area is 138 Å². The number of carboxylic acids is 1. The quantitative estimate of drug-likeness (QED) is 0.650. The number of nitrogens with two attached hydrogens (primary N) is 1. The van der Waals surface area contributed by atoms with E-state index in [4.69, 9.17) is 5.73 Å². The number of benzene rings is 1. The summed E-state index contributed by atoms with van der Waals surface area (Å²) >= 11 is 0. The number of aryl methyl sites for hydroxylation is 1. The molecule has 0 saturated heterocycles. The number of nitrogens with one attached hydrogen (secondary N) is 1. The largest absolute Gasteiger partial charge is 0.480 e. The molecule has 0 aliphatic heterocycles. The number of hydrogen-bond acceptors (Lipinski definition) is 3. The summed E-state index contributed by atoms with van der Waals surface area (Å²) in [5.74, 6) is -1.57. The van der Waals surface area contributed by atoms with Crippen LogP contribution in [-0.4, -0.2) is 29.1 Å². The summed E-state index contributed by atoms with van der Waals surface area (Å²) in [6.45, 7) is 5.69. The van der Waals surface area contributed by atoms with E-state index in [1.54, 1.807) is 0 Å².